The van der Waals surface area contributed by atoms with Crippen LogP contribution in [-0.4, -0.2) is 23.3 Å². The van der Waals surface area contributed by atoms with E-state index in [1.54, 1.807) is 0 Å². The summed E-state index contributed by atoms with van der Waals surface area (Å²) in [6, 6.07) is 0. The highest BCUT2D eigenvalue weighted by Crippen LogP contribution is 2.68. The maximum atomic E-state index is 12.6. The van der Waals surface area contributed by atoms with Crippen molar-refractivity contribution in [1.82, 2.24) is 0 Å². The molecule has 0 aromatic rings. The lowest BCUT2D eigenvalue weighted by Gasteiger charge is -2.61. The van der Waals surface area contributed by atoms with Crippen molar-refractivity contribution in [2.24, 2.45) is 16.7 Å². The monoisotopic (exact) mass is 292 g/mol. The molecule has 2 saturated heterocycles. The molecule has 0 N–H and O–H groups in total. The van der Waals surface area contributed by atoms with Gasteiger partial charge in [-0.1, -0.05) is 13.8 Å². The third-order valence-corrected chi connectivity index (χ3v) is 7.38. The fourth-order valence-electron chi connectivity index (χ4n) is 6.03. The van der Waals surface area contributed by atoms with E-state index in [1.807, 2.05) is 0 Å². The molecule has 4 aliphatic rings. The fraction of sp³-hybridized carbons (Fsp3) is 0.944. The van der Waals surface area contributed by atoms with Crippen LogP contribution in [0.4, 0.5) is 0 Å². The zero-order valence-corrected chi connectivity index (χ0v) is 13.8. The Hall–Kier alpha value is -0.410. The van der Waals surface area contributed by atoms with E-state index in [0.29, 0.717) is 11.7 Å². The van der Waals surface area contributed by atoms with E-state index in [-0.39, 0.29) is 22.5 Å². The van der Waals surface area contributed by atoms with Crippen LogP contribution in [0.1, 0.15) is 72.6 Å². The summed E-state index contributed by atoms with van der Waals surface area (Å²) in [4.78, 5) is 12.6. The first kappa shape index (κ1) is 14.2. The normalized spacial score (nSPS) is 55.0. The lowest BCUT2D eigenvalue weighted by Crippen LogP contribution is -2.64. The average molecular weight is 292 g/mol. The molecular formula is C18H28O3. The highest BCUT2D eigenvalue weighted by atomic mass is 16.8. The Kier molecular flexibility index (Phi) is 2.65. The molecule has 2 heterocycles. The summed E-state index contributed by atoms with van der Waals surface area (Å²) in [7, 11) is 0. The van der Waals surface area contributed by atoms with E-state index < -0.39 is 5.79 Å². The van der Waals surface area contributed by atoms with E-state index in [2.05, 4.69) is 27.7 Å². The van der Waals surface area contributed by atoms with E-state index in [9.17, 15) is 4.79 Å². The number of rotatable bonds is 0. The summed E-state index contributed by atoms with van der Waals surface area (Å²) in [5.41, 5.74) is -0.352. The van der Waals surface area contributed by atoms with Gasteiger partial charge in [0.2, 0.25) is 0 Å². The molecule has 3 nitrogen and oxygen atoms in total. The molecule has 4 fully saturated rings. The molecule has 3 heteroatoms. The van der Waals surface area contributed by atoms with Gasteiger partial charge in [-0.15, -0.1) is 0 Å². The van der Waals surface area contributed by atoms with E-state index in [4.69, 9.17) is 9.47 Å². The Morgan fingerprint density at radius 2 is 1.81 bits per heavy atom. The lowest BCUT2D eigenvalue weighted by atomic mass is 9.47. The van der Waals surface area contributed by atoms with Crippen LogP contribution in [0, 0.1) is 16.7 Å². The van der Waals surface area contributed by atoms with Crippen LogP contribution in [0.2, 0.25) is 0 Å². The molecule has 0 radical (unpaired) electrons. The lowest BCUT2D eigenvalue weighted by molar-refractivity contribution is -0.317. The van der Waals surface area contributed by atoms with Gasteiger partial charge in [-0.05, 0) is 51.9 Å². The van der Waals surface area contributed by atoms with Crippen molar-refractivity contribution in [2.45, 2.75) is 90.1 Å². The SMILES string of the molecule is CC1(C)O[C@@]23CC[C@]4(C)C(=O)CCC[C@H]4[C@]2(C)CC[C@@H]1O3. The smallest absolute Gasteiger partial charge is 0.175 e. The van der Waals surface area contributed by atoms with Gasteiger partial charge in [-0.25, -0.2) is 0 Å². The van der Waals surface area contributed by atoms with Crippen molar-refractivity contribution in [3.63, 3.8) is 0 Å². The summed E-state index contributed by atoms with van der Waals surface area (Å²) in [5, 5.41) is 0. The van der Waals surface area contributed by atoms with Crippen LogP contribution in [-0.2, 0) is 14.3 Å². The van der Waals surface area contributed by atoms with Crippen molar-refractivity contribution in [3.05, 3.63) is 0 Å². The first-order valence-electron chi connectivity index (χ1n) is 8.65. The van der Waals surface area contributed by atoms with Crippen LogP contribution < -0.4 is 0 Å². The van der Waals surface area contributed by atoms with Gasteiger partial charge in [0.25, 0.3) is 0 Å². The van der Waals surface area contributed by atoms with Gasteiger partial charge >= 0.3 is 0 Å². The van der Waals surface area contributed by atoms with Crippen LogP contribution in [0.5, 0.6) is 0 Å². The first-order chi connectivity index (χ1) is 9.74. The molecule has 0 amide bonds. The number of hydrogen-bond acceptors (Lipinski definition) is 3. The topological polar surface area (TPSA) is 35.5 Å². The number of Topliss-reactive ketones (excluding diaryl/α,β-unsaturated/α-hetero) is 1. The van der Waals surface area contributed by atoms with E-state index >= 15 is 0 Å². The maximum absolute atomic E-state index is 12.6. The number of ether oxygens (including phenoxy) is 2. The van der Waals surface area contributed by atoms with Crippen molar-refractivity contribution >= 4 is 5.78 Å². The molecule has 2 aliphatic carbocycles. The number of ketones is 1. The van der Waals surface area contributed by atoms with Gasteiger partial charge in [0.1, 0.15) is 5.78 Å². The maximum Gasteiger partial charge on any atom is 0.175 e. The number of carbonyl (C=O) groups is 1. The van der Waals surface area contributed by atoms with Crippen LogP contribution in [0.3, 0.4) is 0 Å². The highest BCUT2D eigenvalue weighted by molar-refractivity contribution is 5.85. The van der Waals surface area contributed by atoms with Gasteiger partial charge in [0.05, 0.1) is 11.7 Å². The third kappa shape index (κ3) is 1.55. The average Bonchev–Trinajstić information content (AvgIpc) is 2.64. The summed E-state index contributed by atoms with van der Waals surface area (Å²) < 4.78 is 13.1. The van der Waals surface area contributed by atoms with Crippen LogP contribution in [0.25, 0.3) is 0 Å². The molecule has 118 valence electrons. The molecule has 4 rings (SSSR count). The van der Waals surface area contributed by atoms with Gasteiger partial charge in [0, 0.05) is 23.7 Å². The Morgan fingerprint density at radius 1 is 1.05 bits per heavy atom. The van der Waals surface area contributed by atoms with Crippen molar-refractivity contribution < 1.29 is 14.3 Å². The van der Waals surface area contributed by atoms with E-state index in [1.165, 1.54) is 0 Å². The second-order valence-electron chi connectivity index (χ2n) is 8.81. The van der Waals surface area contributed by atoms with Crippen molar-refractivity contribution in [1.29, 1.82) is 0 Å². The minimum atomic E-state index is -0.443. The highest BCUT2D eigenvalue weighted by Gasteiger charge is 2.71. The third-order valence-electron chi connectivity index (χ3n) is 7.38. The summed E-state index contributed by atoms with van der Waals surface area (Å²) >= 11 is 0. The molecule has 0 aromatic heterocycles. The number of carbonyl (C=O) groups excluding carboxylic acids is 1. The predicted molar refractivity (Wildman–Crippen MR) is 79.8 cm³/mol. The summed E-state index contributed by atoms with van der Waals surface area (Å²) in [6.07, 6.45) is 7.17. The Balaban J connectivity index is 1.79. The Bertz CT molecular complexity index is 499. The molecule has 0 aromatic carbocycles. The minimum absolute atomic E-state index is 0.0135. The molecule has 2 aliphatic heterocycles. The van der Waals surface area contributed by atoms with Gasteiger partial charge in [-0.3, -0.25) is 4.79 Å². The summed E-state index contributed by atoms with van der Waals surface area (Å²) in [5.74, 6) is 0.449. The zero-order chi connectivity index (χ0) is 15.1. The zero-order valence-electron chi connectivity index (χ0n) is 13.8. The number of hydrogen-bond donors (Lipinski definition) is 0. The Morgan fingerprint density at radius 3 is 2.57 bits per heavy atom. The molecule has 5 atom stereocenters. The largest absolute Gasteiger partial charge is 0.343 e. The van der Waals surface area contributed by atoms with Gasteiger partial charge in [0.15, 0.2) is 5.79 Å². The van der Waals surface area contributed by atoms with Gasteiger partial charge < -0.3 is 9.47 Å². The fourth-order valence-corrected chi connectivity index (χ4v) is 6.03. The van der Waals surface area contributed by atoms with Gasteiger partial charge in [-0.2, -0.15) is 0 Å². The standard InChI is InChI=1S/C18H28O3/c1-15(2)14-8-9-17(4)12-6-5-7-13(19)16(12,3)10-11-18(17,20-14)21-15/h12,14H,5-11H2,1-4H3/t12-,14+,16+,17+,18+/m1/s1. The molecular weight excluding hydrogens is 264 g/mol. The molecule has 1 spiro atoms. The molecule has 0 unspecified atom stereocenters. The second kappa shape index (κ2) is 3.91. The minimum Gasteiger partial charge on any atom is -0.343 e. The Labute approximate surface area is 127 Å². The van der Waals surface area contributed by atoms with Crippen molar-refractivity contribution in [2.75, 3.05) is 0 Å². The van der Waals surface area contributed by atoms with Crippen LogP contribution in [0.15, 0.2) is 0 Å². The first-order valence-corrected chi connectivity index (χ1v) is 8.65. The second-order valence-corrected chi connectivity index (χ2v) is 8.81. The molecule has 2 bridgehead atoms. The molecule has 2 saturated carbocycles. The van der Waals surface area contributed by atoms with Crippen molar-refractivity contribution in [3.8, 4) is 0 Å². The predicted octanol–water partition coefficient (Wildman–Crippen LogP) is 3.85. The quantitative estimate of drug-likeness (QED) is 0.680. The molecule has 21 heavy (non-hydrogen) atoms. The number of fused-ring (bicyclic) bond motifs is 3. The van der Waals surface area contributed by atoms with Crippen LogP contribution >= 0.6 is 0 Å². The van der Waals surface area contributed by atoms with E-state index in [0.717, 1.165) is 44.9 Å². The summed E-state index contributed by atoms with van der Waals surface area (Å²) in [6.45, 7) is 8.88.